The zero-order valence-corrected chi connectivity index (χ0v) is 9.35. The summed E-state index contributed by atoms with van der Waals surface area (Å²) in [5.74, 6) is 1.54. The third-order valence-corrected chi connectivity index (χ3v) is 3.74. The minimum Gasteiger partial charge on any atom is -0.434 e. The minimum absolute atomic E-state index is 0.702. The molecule has 0 saturated heterocycles. The second kappa shape index (κ2) is 3.64. The number of aromatic nitrogens is 1. The predicted octanol–water partition coefficient (Wildman–Crippen LogP) is 4.13. The number of oxazole rings is 1. The van der Waals surface area contributed by atoms with E-state index < -0.39 is 0 Å². The van der Waals surface area contributed by atoms with E-state index in [1.165, 1.54) is 0 Å². The van der Waals surface area contributed by atoms with Gasteiger partial charge in [0.1, 0.15) is 0 Å². The first-order valence-electron chi connectivity index (χ1n) is 4.47. The maximum atomic E-state index is 5.68. The van der Waals surface area contributed by atoms with Gasteiger partial charge in [-0.25, -0.2) is 4.98 Å². The third-order valence-electron chi connectivity index (χ3n) is 2.00. The van der Waals surface area contributed by atoms with Crippen molar-refractivity contribution in [2.75, 3.05) is 0 Å². The molecule has 0 aliphatic carbocycles. The van der Waals surface area contributed by atoms with Gasteiger partial charge in [-0.05, 0) is 22.9 Å². The van der Waals surface area contributed by atoms with Crippen LogP contribution in [-0.4, -0.2) is 4.98 Å². The Morgan fingerprint density at radius 2 is 1.73 bits per heavy atom. The van der Waals surface area contributed by atoms with Gasteiger partial charge >= 0.3 is 0 Å². The molecule has 3 aromatic rings. The molecular weight excluding hydrogens is 226 g/mol. The molecule has 3 heterocycles. The first kappa shape index (κ1) is 8.88. The lowest BCUT2D eigenvalue weighted by Crippen LogP contribution is -1.66. The molecule has 0 amide bonds. The highest BCUT2D eigenvalue weighted by Crippen LogP contribution is 2.30. The smallest absolute Gasteiger partial charge is 0.236 e. The highest BCUT2D eigenvalue weighted by atomic mass is 32.1. The Bertz CT molecular complexity index is 488. The molecule has 0 spiro atoms. The molecule has 0 bridgehead atoms. The summed E-state index contributed by atoms with van der Waals surface area (Å²) in [4.78, 5) is 6.45. The van der Waals surface area contributed by atoms with Crippen LogP contribution in [-0.2, 0) is 0 Å². The number of hydrogen-bond donors (Lipinski definition) is 0. The van der Waals surface area contributed by atoms with E-state index in [2.05, 4.69) is 4.98 Å². The van der Waals surface area contributed by atoms with Crippen LogP contribution in [0.4, 0.5) is 0 Å². The lowest BCUT2D eigenvalue weighted by atomic mass is 10.4. The fraction of sp³-hybridized carbons (Fsp3) is 0. The molecule has 0 aliphatic rings. The van der Waals surface area contributed by atoms with Crippen molar-refractivity contribution < 1.29 is 4.42 Å². The van der Waals surface area contributed by atoms with Gasteiger partial charge in [-0.1, -0.05) is 12.1 Å². The summed E-state index contributed by atoms with van der Waals surface area (Å²) in [6, 6.07) is 8.04. The van der Waals surface area contributed by atoms with Gasteiger partial charge < -0.3 is 4.42 Å². The van der Waals surface area contributed by atoms with Gasteiger partial charge in [0.2, 0.25) is 5.89 Å². The molecule has 74 valence electrons. The molecule has 0 radical (unpaired) electrons. The molecule has 0 unspecified atom stereocenters. The van der Waals surface area contributed by atoms with Crippen LogP contribution in [0.25, 0.3) is 21.4 Å². The Morgan fingerprint density at radius 1 is 1.00 bits per heavy atom. The fourth-order valence-corrected chi connectivity index (χ4v) is 2.65. The van der Waals surface area contributed by atoms with Gasteiger partial charge in [-0.3, -0.25) is 0 Å². The van der Waals surface area contributed by atoms with Crippen molar-refractivity contribution in [3.63, 3.8) is 0 Å². The van der Waals surface area contributed by atoms with E-state index in [4.69, 9.17) is 4.42 Å². The molecule has 0 atom stereocenters. The number of nitrogens with zero attached hydrogens (tertiary/aromatic N) is 1. The Hall–Kier alpha value is -1.39. The quantitative estimate of drug-likeness (QED) is 0.665. The third kappa shape index (κ3) is 1.62. The summed E-state index contributed by atoms with van der Waals surface area (Å²) in [7, 11) is 0. The molecule has 0 aromatic carbocycles. The van der Waals surface area contributed by atoms with Gasteiger partial charge in [0, 0.05) is 0 Å². The van der Waals surface area contributed by atoms with Crippen LogP contribution in [0, 0.1) is 0 Å². The monoisotopic (exact) mass is 233 g/mol. The molecular formula is C11H7NOS2. The standard InChI is InChI=1S/C11H7NOS2/c1-3-9(14-5-1)8-7-12-11(13-8)10-4-2-6-15-10/h1-7H. The van der Waals surface area contributed by atoms with E-state index in [0.717, 1.165) is 15.5 Å². The number of rotatable bonds is 2. The molecule has 0 saturated carbocycles. The maximum Gasteiger partial charge on any atom is 0.236 e. The summed E-state index contributed by atoms with van der Waals surface area (Å²) in [5, 5.41) is 4.05. The van der Waals surface area contributed by atoms with Gasteiger partial charge in [0.15, 0.2) is 5.76 Å². The lowest BCUT2D eigenvalue weighted by molar-refractivity contribution is 0.592. The molecule has 15 heavy (non-hydrogen) atoms. The minimum atomic E-state index is 0.702. The van der Waals surface area contributed by atoms with Crippen molar-refractivity contribution in [1.29, 1.82) is 0 Å². The van der Waals surface area contributed by atoms with E-state index in [9.17, 15) is 0 Å². The van der Waals surface area contributed by atoms with Gasteiger partial charge in [-0.2, -0.15) is 0 Å². The van der Waals surface area contributed by atoms with Crippen molar-refractivity contribution in [2.45, 2.75) is 0 Å². The van der Waals surface area contributed by atoms with E-state index in [1.807, 2.05) is 35.0 Å². The first-order chi connectivity index (χ1) is 7.43. The fourth-order valence-electron chi connectivity index (χ4n) is 1.32. The zero-order valence-electron chi connectivity index (χ0n) is 7.71. The van der Waals surface area contributed by atoms with E-state index >= 15 is 0 Å². The molecule has 0 aliphatic heterocycles. The molecule has 0 N–H and O–H groups in total. The second-order valence-corrected chi connectivity index (χ2v) is 4.88. The van der Waals surface area contributed by atoms with Gasteiger partial charge in [0.25, 0.3) is 0 Å². The normalized spacial score (nSPS) is 10.7. The maximum absolute atomic E-state index is 5.68. The van der Waals surface area contributed by atoms with Crippen LogP contribution in [0.2, 0.25) is 0 Å². The first-order valence-corrected chi connectivity index (χ1v) is 6.23. The van der Waals surface area contributed by atoms with Crippen LogP contribution in [0.1, 0.15) is 0 Å². The summed E-state index contributed by atoms with van der Waals surface area (Å²) < 4.78 is 5.68. The highest BCUT2D eigenvalue weighted by molar-refractivity contribution is 7.13. The van der Waals surface area contributed by atoms with E-state index in [1.54, 1.807) is 28.9 Å². The summed E-state index contributed by atoms with van der Waals surface area (Å²) >= 11 is 3.29. The van der Waals surface area contributed by atoms with Crippen LogP contribution < -0.4 is 0 Å². The van der Waals surface area contributed by atoms with E-state index in [-0.39, 0.29) is 0 Å². The zero-order chi connectivity index (χ0) is 10.1. The highest BCUT2D eigenvalue weighted by Gasteiger charge is 2.09. The summed E-state index contributed by atoms with van der Waals surface area (Å²) in [5.41, 5.74) is 0. The average molecular weight is 233 g/mol. The Balaban J connectivity index is 2.02. The van der Waals surface area contributed by atoms with E-state index in [0.29, 0.717) is 5.89 Å². The Labute approximate surface area is 94.8 Å². The van der Waals surface area contributed by atoms with Gasteiger partial charge in [0.05, 0.1) is 16.0 Å². The van der Waals surface area contributed by atoms with Crippen LogP contribution in [0.15, 0.2) is 45.6 Å². The second-order valence-electron chi connectivity index (χ2n) is 2.98. The van der Waals surface area contributed by atoms with Crippen LogP contribution in [0.3, 0.4) is 0 Å². The molecule has 3 rings (SSSR count). The topological polar surface area (TPSA) is 26.0 Å². The van der Waals surface area contributed by atoms with Gasteiger partial charge in [-0.15, -0.1) is 22.7 Å². The SMILES string of the molecule is c1csc(-c2cnc(-c3cccs3)o2)c1. The predicted molar refractivity (Wildman–Crippen MR) is 63.1 cm³/mol. The lowest BCUT2D eigenvalue weighted by Gasteiger charge is -1.88. The van der Waals surface area contributed by atoms with Crippen molar-refractivity contribution in [3.8, 4) is 21.4 Å². The Morgan fingerprint density at radius 3 is 2.40 bits per heavy atom. The van der Waals surface area contributed by atoms with Crippen molar-refractivity contribution in [1.82, 2.24) is 4.98 Å². The van der Waals surface area contributed by atoms with Crippen molar-refractivity contribution >= 4 is 22.7 Å². The molecule has 0 fully saturated rings. The average Bonchev–Trinajstić information content (AvgIpc) is 3.02. The Kier molecular flexibility index (Phi) is 2.16. The summed E-state index contributed by atoms with van der Waals surface area (Å²) in [6.07, 6.45) is 1.78. The largest absolute Gasteiger partial charge is 0.434 e. The molecule has 4 heteroatoms. The van der Waals surface area contributed by atoms with Crippen LogP contribution >= 0.6 is 22.7 Å². The van der Waals surface area contributed by atoms with Crippen LogP contribution in [0.5, 0.6) is 0 Å². The summed E-state index contributed by atoms with van der Waals surface area (Å²) in [6.45, 7) is 0. The van der Waals surface area contributed by atoms with Crippen molar-refractivity contribution in [2.24, 2.45) is 0 Å². The molecule has 3 aromatic heterocycles. The number of hydrogen-bond acceptors (Lipinski definition) is 4. The number of thiophene rings is 2. The molecule has 2 nitrogen and oxygen atoms in total. The van der Waals surface area contributed by atoms with Crippen molar-refractivity contribution in [3.05, 3.63) is 41.2 Å².